The zero-order chi connectivity index (χ0) is 13.9. The number of aromatic nitrogens is 2. The number of amides is 1. The fourth-order valence-electron chi connectivity index (χ4n) is 1.95. The first kappa shape index (κ1) is 12.6. The van der Waals surface area contributed by atoms with Crippen LogP contribution in [0, 0.1) is 0 Å². The van der Waals surface area contributed by atoms with Crippen molar-refractivity contribution in [1.82, 2.24) is 15.3 Å². The Kier molecular flexibility index (Phi) is 3.35. The van der Waals surface area contributed by atoms with Crippen molar-refractivity contribution < 1.29 is 4.79 Å². The minimum absolute atomic E-state index is 0.177. The molecule has 0 unspecified atom stereocenters. The molecule has 100 valence electrons. The number of aromatic amines is 1. The van der Waals surface area contributed by atoms with Gasteiger partial charge in [0.1, 0.15) is 10.7 Å². The van der Waals surface area contributed by atoms with Crippen molar-refractivity contribution in [2.45, 2.75) is 0 Å². The lowest BCUT2D eigenvalue weighted by Gasteiger charge is -1.96. The van der Waals surface area contributed by atoms with Gasteiger partial charge >= 0.3 is 0 Å². The lowest BCUT2D eigenvalue weighted by Crippen LogP contribution is -2.23. The quantitative estimate of drug-likeness (QED) is 0.722. The number of carbonyl (C=O) groups excluding carboxylic acids is 1. The molecule has 3 aromatic rings. The van der Waals surface area contributed by atoms with E-state index in [1.165, 1.54) is 11.3 Å². The average Bonchev–Trinajstić information content (AvgIpc) is 3.10. The maximum atomic E-state index is 11.8. The van der Waals surface area contributed by atoms with Crippen molar-refractivity contribution in [2.24, 2.45) is 0 Å². The maximum Gasteiger partial charge on any atom is 0.271 e. The molecule has 5 heteroatoms. The summed E-state index contributed by atoms with van der Waals surface area (Å²) in [5.41, 5.74) is 2.43. The Morgan fingerprint density at radius 1 is 1.45 bits per heavy atom. The highest BCUT2D eigenvalue weighted by Gasteiger charge is 2.12. The summed E-state index contributed by atoms with van der Waals surface area (Å²) >= 11 is 1.45. The van der Waals surface area contributed by atoms with Crippen molar-refractivity contribution in [1.29, 1.82) is 0 Å². The van der Waals surface area contributed by atoms with Crippen LogP contribution in [0.2, 0.25) is 0 Å². The second-order valence-corrected chi connectivity index (χ2v) is 5.16. The molecular weight excluding hydrogens is 270 g/mol. The molecule has 0 saturated heterocycles. The molecule has 4 nitrogen and oxygen atoms in total. The van der Waals surface area contributed by atoms with E-state index < -0.39 is 0 Å². The van der Waals surface area contributed by atoms with Gasteiger partial charge < -0.3 is 10.3 Å². The van der Waals surface area contributed by atoms with Gasteiger partial charge in [-0.25, -0.2) is 4.98 Å². The van der Waals surface area contributed by atoms with Gasteiger partial charge in [0.25, 0.3) is 5.91 Å². The summed E-state index contributed by atoms with van der Waals surface area (Å²) in [5, 5.41) is 6.42. The predicted molar refractivity (Wildman–Crippen MR) is 81.9 cm³/mol. The van der Waals surface area contributed by atoms with Crippen LogP contribution in [0.5, 0.6) is 0 Å². The van der Waals surface area contributed by atoms with Gasteiger partial charge in [-0.1, -0.05) is 24.3 Å². The Morgan fingerprint density at radius 3 is 3.10 bits per heavy atom. The number of nitrogens with one attached hydrogen (secondary N) is 2. The standard InChI is InChI=1S/C15H13N3OS/c1-2-7-16-14(19)13-9-20-15(18-13)12-8-10-5-3-4-6-11(10)17-12/h2-6,8-9,17H,1,7H2,(H,16,19). The van der Waals surface area contributed by atoms with Crippen molar-refractivity contribution in [3.05, 3.63) is 54.1 Å². The molecule has 1 aromatic carbocycles. The molecule has 0 fully saturated rings. The van der Waals surface area contributed by atoms with Crippen LogP contribution in [0.1, 0.15) is 10.5 Å². The van der Waals surface area contributed by atoms with Crippen LogP contribution in [0.4, 0.5) is 0 Å². The van der Waals surface area contributed by atoms with Crippen LogP contribution in [0.15, 0.2) is 48.4 Å². The molecule has 0 aliphatic heterocycles. The molecule has 2 aromatic heterocycles. The summed E-state index contributed by atoms with van der Waals surface area (Å²) in [5.74, 6) is -0.177. The first-order valence-electron chi connectivity index (χ1n) is 6.20. The van der Waals surface area contributed by atoms with Gasteiger partial charge in [-0.05, 0) is 12.1 Å². The van der Waals surface area contributed by atoms with Gasteiger partial charge in [-0.15, -0.1) is 17.9 Å². The number of hydrogen-bond acceptors (Lipinski definition) is 3. The summed E-state index contributed by atoms with van der Waals surface area (Å²) < 4.78 is 0. The van der Waals surface area contributed by atoms with E-state index in [1.54, 1.807) is 11.5 Å². The second kappa shape index (κ2) is 5.30. The molecular formula is C15H13N3OS. The minimum Gasteiger partial charge on any atom is -0.353 e. The largest absolute Gasteiger partial charge is 0.353 e. The van der Waals surface area contributed by atoms with Crippen LogP contribution in [-0.4, -0.2) is 22.4 Å². The number of fused-ring (bicyclic) bond motifs is 1. The molecule has 0 spiro atoms. The Morgan fingerprint density at radius 2 is 2.30 bits per heavy atom. The topological polar surface area (TPSA) is 57.8 Å². The number of benzene rings is 1. The number of thiazole rings is 1. The molecule has 2 heterocycles. The summed E-state index contributed by atoms with van der Waals surface area (Å²) in [7, 11) is 0. The minimum atomic E-state index is -0.177. The fraction of sp³-hybridized carbons (Fsp3) is 0.0667. The third kappa shape index (κ3) is 2.35. The highest BCUT2D eigenvalue weighted by atomic mass is 32.1. The third-order valence-electron chi connectivity index (χ3n) is 2.90. The van der Waals surface area contributed by atoms with Gasteiger partial charge in [0.2, 0.25) is 0 Å². The zero-order valence-corrected chi connectivity index (χ0v) is 11.5. The van der Waals surface area contributed by atoms with Gasteiger partial charge in [0, 0.05) is 22.8 Å². The summed E-state index contributed by atoms with van der Waals surface area (Å²) in [6, 6.07) is 10.1. The highest BCUT2D eigenvalue weighted by Crippen LogP contribution is 2.26. The van der Waals surface area contributed by atoms with Crippen LogP contribution in [-0.2, 0) is 0 Å². The van der Waals surface area contributed by atoms with Crippen molar-refractivity contribution >= 4 is 28.1 Å². The molecule has 3 rings (SSSR count). The van der Waals surface area contributed by atoms with E-state index in [0.29, 0.717) is 12.2 Å². The van der Waals surface area contributed by atoms with Crippen LogP contribution < -0.4 is 5.32 Å². The smallest absolute Gasteiger partial charge is 0.271 e. The molecule has 0 atom stereocenters. The summed E-state index contributed by atoms with van der Waals surface area (Å²) in [6.07, 6.45) is 1.64. The zero-order valence-electron chi connectivity index (χ0n) is 10.7. The summed E-state index contributed by atoms with van der Waals surface area (Å²) in [6.45, 7) is 4.01. The molecule has 0 bridgehead atoms. The SMILES string of the molecule is C=CCNC(=O)c1csc(-c2cc3ccccc3[nH]2)n1. The number of para-hydroxylation sites is 1. The molecule has 0 radical (unpaired) electrons. The molecule has 0 aliphatic carbocycles. The summed E-state index contributed by atoms with van der Waals surface area (Å²) in [4.78, 5) is 19.5. The van der Waals surface area contributed by atoms with E-state index in [0.717, 1.165) is 21.6 Å². The third-order valence-corrected chi connectivity index (χ3v) is 3.78. The lowest BCUT2D eigenvalue weighted by atomic mass is 10.2. The Bertz CT molecular complexity index is 739. The number of rotatable bonds is 4. The first-order chi connectivity index (χ1) is 9.78. The van der Waals surface area contributed by atoms with Gasteiger partial charge in [0.15, 0.2) is 0 Å². The number of H-pyrrole nitrogens is 1. The Hall–Kier alpha value is -2.40. The van der Waals surface area contributed by atoms with Gasteiger partial charge in [0.05, 0.1) is 5.69 Å². The van der Waals surface area contributed by atoms with Crippen LogP contribution >= 0.6 is 11.3 Å². The van der Waals surface area contributed by atoms with Crippen molar-refractivity contribution in [2.75, 3.05) is 6.54 Å². The number of nitrogens with zero attached hydrogens (tertiary/aromatic N) is 1. The van der Waals surface area contributed by atoms with Crippen molar-refractivity contribution in [3.8, 4) is 10.7 Å². The van der Waals surface area contributed by atoms with Gasteiger partial charge in [-0.3, -0.25) is 4.79 Å². The molecule has 0 aliphatic rings. The van der Waals surface area contributed by atoms with E-state index in [2.05, 4.69) is 21.9 Å². The van der Waals surface area contributed by atoms with E-state index >= 15 is 0 Å². The monoisotopic (exact) mass is 283 g/mol. The Labute approximate surface area is 120 Å². The Balaban J connectivity index is 1.89. The van der Waals surface area contributed by atoms with Gasteiger partial charge in [-0.2, -0.15) is 0 Å². The van der Waals surface area contributed by atoms with Crippen molar-refractivity contribution in [3.63, 3.8) is 0 Å². The molecule has 20 heavy (non-hydrogen) atoms. The highest BCUT2D eigenvalue weighted by molar-refractivity contribution is 7.13. The predicted octanol–water partition coefficient (Wildman–Crippen LogP) is 3.21. The van der Waals surface area contributed by atoms with E-state index in [-0.39, 0.29) is 5.91 Å². The van der Waals surface area contributed by atoms with E-state index in [4.69, 9.17) is 0 Å². The first-order valence-corrected chi connectivity index (χ1v) is 7.08. The van der Waals surface area contributed by atoms with E-state index in [1.807, 2.05) is 30.3 Å². The average molecular weight is 283 g/mol. The lowest BCUT2D eigenvalue weighted by molar-refractivity contribution is 0.0954. The molecule has 0 saturated carbocycles. The number of hydrogen-bond donors (Lipinski definition) is 2. The fourth-order valence-corrected chi connectivity index (χ4v) is 2.72. The van der Waals surface area contributed by atoms with E-state index in [9.17, 15) is 4.79 Å². The maximum absolute atomic E-state index is 11.8. The molecule has 1 amide bonds. The molecule has 2 N–H and O–H groups in total. The number of carbonyl (C=O) groups is 1. The van der Waals surface area contributed by atoms with Crippen LogP contribution in [0.25, 0.3) is 21.6 Å². The second-order valence-electron chi connectivity index (χ2n) is 4.31. The normalized spacial score (nSPS) is 10.6. The van der Waals surface area contributed by atoms with Crippen LogP contribution in [0.3, 0.4) is 0 Å².